The van der Waals surface area contributed by atoms with Crippen LogP contribution in [0.4, 0.5) is 0 Å². The van der Waals surface area contributed by atoms with Crippen molar-refractivity contribution in [1.82, 2.24) is 20.9 Å². The molecule has 0 heterocycles. The maximum absolute atomic E-state index is 13.5. The zero-order chi connectivity index (χ0) is 30.0. The minimum atomic E-state index is -0.592. The molecule has 42 heavy (non-hydrogen) atoms. The lowest BCUT2D eigenvalue weighted by Crippen LogP contribution is -2.52. The van der Waals surface area contributed by atoms with Gasteiger partial charge in [0.05, 0.1) is 30.2 Å². The number of carbonyl (C=O) groups excluding carboxylic acids is 2. The predicted octanol–water partition coefficient (Wildman–Crippen LogP) is 5.18. The second-order valence-corrected chi connectivity index (χ2v) is 11.1. The van der Waals surface area contributed by atoms with Crippen molar-refractivity contribution < 1.29 is 9.59 Å². The van der Waals surface area contributed by atoms with Gasteiger partial charge >= 0.3 is 0 Å². The van der Waals surface area contributed by atoms with Crippen LogP contribution in [0.1, 0.15) is 42.1 Å². The van der Waals surface area contributed by atoms with E-state index >= 15 is 0 Å². The monoisotopic (exact) mass is 562 g/mol. The van der Waals surface area contributed by atoms with Crippen LogP contribution in [-0.2, 0) is 27.1 Å². The summed E-state index contributed by atoms with van der Waals surface area (Å²) in [5, 5.41) is 9.80. The van der Waals surface area contributed by atoms with E-state index in [4.69, 9.17) is 0 Å². The molecule has 4 aromatic rings. The van der Waals surface area contributed by atoms with Gasteiger partial charge in [0.25, 0.3) is 0 Å². The van der Waals surface area contributed by atoms with Crippen LogP contribution in [0.15, 0.2) is 121 Å². The summed E-state index contributed by atoms with van der Waals surface area (Å²) < 4.78 is 0. The van der Waals surface area contributed by atoms with E-state index < -0.39 is 11.1 Å². The molecule has 3 unspecified atom stereocenters. The van der Waals surface area contributed by atoms with Crippen LogP contribution in [0.3, 0.4) is 0 Å². The quantitative estimate of drug-likeness (QED) is 0.210. The van der Waals surface area contributed by atoms with Crippen molar-refractivity contribution in [3.05, 3.63) is 144 Å². The van der Waals surface area contributed by atoms with Gasteiger partial charge in [0.2, 0.25) is 11.8 Å². The number of amides is 2. The summed E-state index contributed by atoms with van der Waals surface area (Å²) in [6.45, 7) is 4.16. The number of nitrogens with one attached hydrogen (secondary N) is 3. The molecule has 0 aromatic heterocycles. The molecule has 218 valence electrons. The summed E-state index contributed by atoms with van der Waals surface area (Å²) in [6, 6.07) is 40.3. The van der Waals surface area contributed by atoms with Crippen LogP contribution >= 0.6 is 0 Å². The van der Waals surface area contributed by atoms with E-state index in [-0.39, 0.29) is 30.9 Å². The number of carbonyl (C=O) groups is 2. The summed E-state index contributed by atoms with van der Waals surface area (Å²) in [7, 11) is 3.74. The van der Waals surface area contributed by atoms with E-state index in [2.05, 4.69) is 66.2 Å². The van der Waals surface area contributed by atoms with Gasteiger partial charge in [0, 0.05) is 7.05 Å². The number of rotatable bonds is 13. The van der Waals surface area contributed by atoms with Crippen LogP contribution in [-0.4, -0.2) is 43.9 Å². The molecule has 4 rings (SSSR count). The van der Waals surface area contributed by atoms with E-state index in [0.717, 1.165) is 22.3 Å². The van der Waals surface area contributed by atoms with Crippen molar-refractivity contribution in [2.45, 2.75) is 37.4 Å². The molecule has 4 aromatic carbocycles. The molecule has 6 nitrogen and oxygen atoms in total. The molecular formula is C36H42N4O2. The molecular weight excluding hydrogens is 520 g/mol. The number of hydrogen-bond donors (Lipinski definition) is 3. The van der Waals surface area contributed by atoms with Crippen molar-refractivity contribution in [2.75, 3.05) is 27.2 Å². The van der Waals surface area contributed by atoms with Gasteiger partial charge < -0.3 is 15.5 Å². The van der Waals surface area contributed by atoms with Gasteiger partial charge in [-0.3, -0.25) is 14.9 Å². The summed E-state index contributed by atoms with van der Waals surface area (Å²) in [5.74, 6) is -0.400. The summed E-state index contributed by atoms with van der Waals surface area (Å²) in [5.41, 5.74) is 3.25. The van der Waals surface area contributed by atoms with Crippen molar-refractivity contribution in [1.29, 1.82) is 0 Å². The van der Waals surface area contributed by atoms with E-state index in [1.807, 2.05) is 99.0 Å². The Hall–Kier alpha value is -4.26. The summed E-state index contributed by atoms with van der Waals surface area (Å²) in [6.07, 6.45) is 0.649. The third-order valence-electron chi connectivity index (χ3n) is 8.41. The molecule has 6 heteroatoms. The normalized spacial score (nSPS) is 14.7. The highest BCUT2D eigenvalue weighted by atomic mass is 16.2. The number of nitrogens with zero attached hydrogens (tertiary/aromatic N) is 1. The molecule has 0 bridgehead atoms. The molecule has 0 aliphatic rings. The predicted molar refractivity (Wildman–Crippen MR) is 170 cm³/mol. The first kappa shape index (κ1) is 30.7. The Labute approximate surface area is 250 Å². The van der Waals surface area contributed by atoms with Gasteiger partial charge in [-0.2, -0.15) is 0 Å². The highest BCUT2D eigenvalue weighted by Gasteiger charge is 2.37. The van der Waals surface area contributed by atoms with Gasteiger partial charge in [-0.1, -0.05) is 121 Å². The lowest BCUT2D eigenvalue weighted by atomic mass is 9.81. The number of likely N-dealkylation sites (N-methyl/N-ethyl adjacent to an activating group) is 2. The fourth-order valence-corrected chi connectivity index (χ4v) is 5.57. The Bertz CT molecular complexity index is 1420. The second-order valence-electron chi connectivity index (χ2n) is 11.1. The zero-order valence-corrected chi connectivity index (χ0v) is 25.0. The Morgan fingerprint density at radius 1 is 0.714 bits per heavy atom. The molecule has 0 saturated carbocycles. The Balaban J connectivity index is 1.45. The lowest BCUT2D eigenvalue weighted by molar-refractivity contribution is -0.136. The fraction of sp³-hybridized carbons (Fsp3) is 0.278. The Morgan fingerprint density at radius 2 is 1.21 bits per heavy atom. The van der Waals surface area contributed by atoms with Crippen LogP contribution in [0.5, 0.6) is 0 Å². The van der Waals surface area contributed by atoms with Crippen molar-refractivity contribution in [2.24, 2.45) is 0 Å². The molecule has 0 aliphatic carbocycles. The van der Waals surface area contributed by atoms with Crippen LogP contribution in [0.25, 0.3) is 0 Å². The fourth-order valence-electron chi connectivity index (χ4n) is 5.57. The summed E-state index contributed by atoms with van der Waals surface area (Å²) >= 11 is 0. The van der Waals surface area contributed by atoms with Crippen LogP contribution in [0.2, 0.25) is 0 Å². The zero-order valence-electron chi connectivity index (χ0n) is 25.0. The molecule has 0 radical (unpaired) electrons. The van der Waals surface area contributed by atoms with E-state index in [1.165, 1.54) is 0 Å². The third kappa shape index (κ3) is 7.14. The number of hydrogen-bond acceptors (Lipinski definition) is 4. The maximum atomic E-state index is 13.5. The first-order valence-corrected chi connectivity index (χ1v) is 14.4. The van der Waals surface area contributed by atoms with Gasteiger partial charge in [-0.25, -0.2) is 0 Å². The Morgan fingerprint density at radius 3 is 1.76 bits per heavy atom. The molecule has 3 N–H and O–H groups in total. The first-order valence-electron chi connectivity index (χ1n) is 14.4. The molecule has 0 spiro atoms. The standard InChI is InChI=1S/C36H42N4O2/c1-35(30-21-13-7-14-22-30,25-28-17-9-5-10-18-28)40(4)33(42)27-38-32(41)26-39-34(29-19-11-6-12-20-29)36(2,37-3)31-23-15-8-16-24-31/h5-24,34,37,39H,25-27H2,1-4H3,(H,38,41). The SMILES string of the molecule is CNC(C)(c1ccccc1)C(NCC(=O)NCC(=O)N(C)C(C)(Cc1ccccc1)c1ccccc1)c1ccccc1. The van der Waals surface area contributed by atoms with Crippen molar-refractivity contribution >= 4 is 11.8 Å². The molecule has 0 aliphatic heterocycles. The topological polar surface area (TPSA) is 73.5 Å². The largest absolute Gasteiger partial charge is 0.346 e. The smallest absolute Gasteiger partial charge is 0.242 e. The van der Waals surface area contributed by atoms with E-state index in [9.17, 15) is 9.59 Å². The van der Waals surface area contributed by atoms with Crippen molar-refractivity contribution in [3.8, 4) is 0 Å². The van der Waals surface area contributed by atoms with Crippen molar-refractivity contribution in [3.63, 3.8) is 0 Å². The van der Waals surface area contributed by atoms with Gasteiger partial charge in [0.15, 0.2) is 0 Å². The molecule has 0 saturated heterocycles. The summed E-state index contributed by atoms with van der Waals surface area (Å²) in [4.78, 5) is 28.3. The first-order chi connectivity index (χ1) is 20.3. The highest BCUT2D eigenvalue weighted by Crippen LogP contribution is 2.35. The Kier molecular flexibility index (Phi) is 10.3. The maximum Gasteiger partial charge on any atom is 0.242 e. The minimum Gasteiger partial charge on any atom is -0.346 e. The van der Waals surface area contributed by atoms with E-state index in [1.54, 1.807) is 4.90 Å². The number of benzene rings is 4. The van der Waals surface area contributed by atoms with E-state index in [0.29, 0.717) is 6.42 Å². The van der Waals surface area contributed by atoms with Crippen LogP contribution < -0.4 is 16.0 Å². The van der Waals surface area contributed by atoms with Gasteiger partial charge in [0.1, 0.15) is 0 Å². The van der Waals surface area contributed by atoms with Gasteiger partial charge in [-0.05, 0) is 49.6 Å². The highest BCUT2D eigenvalue weighted by molar-refractivity contribution is 5.86. The lowest BCUT2D eigenvalue weighted by Gasteiger charge is -2.40. The second kappa shape index (κ2) is 14.1. The van der Waals surface area contributed by atoms with Crippen LogP contribution in [0, 0.1) is 0 Å². The molecule has 3 atom stereocenters. The third-order valence-corrected chi connectivity index (χ3v) is 8.41. The molecule has 2 amide bonds. The van der Waals surface area contributed by atoms with Gasteiger partial charge in [-0.15, -0.1) is 0 Å². The minimum absolute atomic E-state index is 0.0562. The average molecular weight is 563 g/mol. The molecule has 0 fully saturated rings. The average Bonchev–Trinajstić information content (AvgIpc) is 3.04.